The van der Waals surface area contributed by atoms with Crippen LogP contribution < -0.4 is 21.1 Å². The molecule has 2 nitrogen and oxygen atoms in total. The first-order chi connectivity index (χ1) is 46.0. The fourth-order valence-corrected chi connectivity index (χ4v) is 18.9. The van der Waals surface area contributed by atoms with Gasteiger partial charge < -0.3 is 9.30 Å². The molecule has 0 saturated heterocycles. The van der Waals surface area contributed by atoms with Crippen molar-refractivity contribution in [2.24, 2.45) is 0 Å². The van der Waals surface area contributed by atoms with E-state index in [-0.39, 0.29) is 23.0 Å². The molecule has 0 amide bonds. The third-order valence-corrected chi connectivity index (χ3v) is 22.9. The van der Waals surface area contributed by atoms with Crippen molar-refractivity contribution in [1.82, 2.24) is 4.57 Å². The van der Waals surface area contributed by atoms with Crippen LogP contribution in [0.3, 0.4) is 0 Å². The van der Waals surface area contributed by atoms with Gasteiger partial charge in [-0.1, -0.05) is 287 Å². The van der Waals surface area contributed by atoms with Gasteiger partial charge in [-0.25, -0.2) is 0 Å². The highest BCUT2D eigenvalue weighted by Gasteiger charge is 2.55. The molecule has 6 aliphatic rings. The molecule has 452 valence electrons. The first-order valence-electron chi connectivity index (χ1n) is 34.2. The molecule has 0 unspecified atom stereocenters. The summed E-state index contributed by atoms with van der Waals surface area (Å²) >= 11 is 0. The Morgan fingerprint density at radius 2 is 0.684 bits per heavy atom. The number of rotatable bonds is 3. The summed E-state index contributed by atoms with van der Waals surface area (Å²) in [6.07, 6.45) is 0. The second-order valence-electron chi connectivity index (χ2n) is 30.9. The standard InChI is InChI=1S/C92H70BNO/c1-88(2,3)54-43-45-79-69(49-54)70-50-56(90(7,8)9)52-78-87(70)94(79)80-47-53(48-82-86(80)93(78)77-51-55(89(4,5)6)44-46-81(77)95-82)83-63(67-35-23-33-65-61-29-14-20-41-75(61)91(84(65)67)71-37-16-10-25-57(71)58-26-11-17-38-72(58)91)31-22-32-64(83)68-36-24-34-66-62-30-15-21-42-76(62)92(85(66)68)73-39-18-12-27-59(73)60-28-13-19-40-74(60)92/h10-52H,1-9H3. The summed E-state index contributed by atoms with van der Waals surface area (Å²) in [7, 11) is 0. The van der Waals surface area contributed by atoms with Crippen molar-refractivity contribution in [2.75, 3.05) is 0 Å². The predicted octanol–water partition coefficient (Wildman–Crippen LogP) is 21.3. The van der Waals surface area contributed by atoms with Gasteiger partial charge in [0.25, 0.3) is 6.71 Å². The maximum Gasteiger partial charge on any atom is 0.256 e. The summed E-state index contributed by atoms with van der Waals surface area (Å²) in [5.41, 5.74) is 37.9. The van der Waals surface area contributed by atoms with Crippen molar-refractivity contribution >= 4 is 44.9 Å². The molecule has 2 spiro atoms. The summed E-state index contributed by atoms with van der Waals surface area (Å²) in [4.78, 5) is 0. The van der Waals surface area contributed by atoms with E-state index in [0.29, 0.717) is 0 Å². The lowest BCUT2D eigenvalue weighted by atomic mass is 9.34. The Balaban J connectivity index is 0.951. The van der Waals surface area contributed by atoms with Gasteiger partial charge in [-0.3, -0.25) is 0 Å². The third kappa shape index (κ3) is 7.00. The van der Waals surface area contributed by atoms with Gasteiger partial charge >= 0.3 is 0 Å². The minimum atomic E-state index is -0.606. The van der Waals surface area contributed by atoms with Crippen LogP contribution in [-0.4, -0.2) is 11.3 Å². The van der Waals surface area contributed by atoms with Gasteiger partial charge in [-0.05, 0) is 208 Å². The summed E-state index contributed by atoms with van der Waals surface area (Å²) in [6, 6.07) is 102. The van der Waals surface area contributed by atoms with Crippen LogP contribution in [0.4, 0.5) is 0 Å². The van der Waals surface area contributed by atoms with Crippen LogP contribution >= 0.6 is 0 Å². The zero-order chi connectivity index (χ0) is 64.0. The lowest BCUT2D eigenvalue weighted by Crippen LogP contribution is -2.58. The van der Waals surface area contributed by atoms with E-state index in [4.69, 9.17) is 4.74 Å². The summed E-state index contributed by atoms with van der Waals surface area (Å²) in [6.45, 7) is 21.1. The number of nitrogens with zero attached hydrogens (tertiary/aromatic N) is 1. The van der Waals surface area contributed by atoms with Crippen molar-refractivity contribution < 1.29 is 4.74 Å². The summed E-state index contributed by atoms with van der Waals surface area (Å²) in [5, 5.41) is 2.59. The number of hydrogen-bond acceptors (Lipinski definition) is 1. The minimum absolute atomic E-state index is 0.0619. The van der Waals surface area contributed by atoms with Gasteiger partial charge in [-0.15, -0.1) is 0 Å². The van der Waals surface area contributed by atoms with Crippen molar-refractivity contribution in [1.29, 1.82) is 0 Å². The van der Waals surface area contributed by atoms with Gasteiger partial charge in [0.2, 0.25) is 0 Å². The van der Waals surface area contributed by atoms with Gasteiger partial charge in [0.05, 0.1) is 16.3 Å². The van der Waals surface area contributed by atoms with Gasteiger partial charge in [0.1, 0.15) is 11.5 Å². The van der Waals surface area contributed by atoms with E-state index >= 15 is 0 Å². The molecule has 13 aromatic carbocycles. The minimum Gasteiger partial charge on any atom is -0.458 e. The highest BCUT2D eigenvalue weighted by molar-refractivity contribution is 6.99. The van der Waals surface area contributed by atoms with E-state index in [1.807, 2.05) is 0 Å². The van der Waals surface area contributed by atoms with Crippen molar-refractivity contribution in [2.45, 2.75) is 89.4 Å². The average molecular weight is 1220 g/mol. The number of aromatic nitrogens is 1. The van der Waals surface area contributed by atoms with Crippen LogP contribution in [0.5, 0.6) is 11.5 Å². The maximum absolute atomic E-state index is 7.73. The molecule has 14 aromatic rings. The fraction of sp³-hybridized carbons (Fsp3) is 0.152. The number of hydrogen-bond donors (Lipinski definition) is 0. The molecule has 0 saturated carbocycles. The maximum atomic E-state index is 7.73. The molecule has 0 N–H and O–H groups in total. The van der Waals surface area contributed by atoms with Crippen LogP contribution in [0, 0.1) is 0 Å². The lowest BCUT2D eigenvalue weighted by Gasteiger charge is -2.36. The summed E-state index contributed by atoms with van der Waals surface area (Å²) < 4.78 is 10.4. The van der Waals surface area contributed by atoms with Gasteiger partial charge in [-0.2, -0.15) is 0 Å². The quantitative estimate of drug-likeness (QED) is 0.161. The van der Waals surface area contributed by atoms with Crippen LogP contribution in [0.15, 0.2) is 261 Å². The molecule has 0 bridgehead atoms. The van der Waals surface area contributed by atoms with E-state index in [9.17, 15) is 0 Å². The molecule has 4 aliphatic carbocycles. The van der Waals surface area contributed by atoms with E-state index in [1.54, 1.807) is 0 Å². The van der Waals surface area contributed by atoms with Crippen molar-refractivity contribution in [3.8, 4) is 95.1 Å². The molecule has 20 rings (SSSR count). The SMILES string of the molecule is CC(C)(C)c1ccc2c(c1)B1c3c(cc(-c4c(-c5cccc6c5C5(c7ccccc7-c7ccccc75)c5ccccc5-6)cccc4-c4cccc5c4C4(c6ccccc6-c6ccccc64)c4ccccc4-5)cc3-n3c4ccc(C(C)(C)C)cc4c4cc(C(C)(C)C)cc1c43)O2. The highest BCUT2D eigenvalue weighted by atomic mass is 16.5. The average Bonchev–Trinajstić information content (AvgIpc) is 1.54. The Hall–Kier alpha value is -10.5. The second kappa shape index (κ2) is 18.7. The fourth-order valence-electron chi connectivity index (χ4n) is 18.9. The second-order valence-corrected chi connectivity index (χ2v) is 30.9. The van der Waals surface area contributed by atoms with Crippen molar-refractivity contribution in [3.63, 3.8) is 0 Å². The largest absolute Gasteiger partial charge is 0.458 e. The van der Waals surface area contributed by atoms with E-state index in [2.05, 4.69) is 328 Å². The monoisotopic (exact) mass is 1220 g/mol. The lowest BCUT2D eigenvalue weighted by molar-refractivity contribution is 0.486. The Bertz CT molecular complexity index is 5450. The molecule has 0 fully saturated rings. The van der Waals surface area contributed by atoms with Crippen molar-refractivity contribution in [3.05, 3.63) is 322 Å². The van der Waals surface area contributed by atoms with Crippen LogP contribution in [0.2, 0.25) is 0 Å². The van der Waals surface area contributed by atoms with Crippen LogP contribution in [0.25, 0.3) is 105 Å². The highest BCUT2D eigenvalue weighted by Crippen LogP contribution is 2.68. The number of ether oxygens (including phenoxy) is 1. The molecular formula is C92H70BNO. The molecule has 2 aliphatic heterocycles. The summed E-state index contributed by atoms with van der Waals surface area (Å²) in [5.74, 6) is 1.81. The topological polar surface area (TPSA) is 14.2 Å². The Kier molecular flexibility index (Phi) is 10.8. The van der Waals surface area contributed by atoms with Crippen LogP contribution in [-0.2, 0) is 27.1 Å². The zero-order valence-electron chi connectivity index (χ0n) is 55.3. The molecular weight excluding hydrogens is 1150 g/mol. The first-order valence-corrected chi connectivity index (χ1v) is 34.2. The molecule has 3 heteroatoms. The van der Waals surface area contributed by atoms with E-state index in [1.165, 1.54) is 172 Å². The van der Waals surface area contributed by atoms with E-state index in [0.717, 1.165) is 22.7 Å². The number of benzene rings is 13. The molecule has 1 aromatic heterocycles. The molecule has 95 heavy (non-hydrogen) atoms. The Labute approximate surface area is 557 Å². The third-order valence-electron chi connectivity index (χ3n) is 22.9. The van der Waals surface area contributed by atoms with E-state index < -0.39 is 10.8 Å². The normalized spacial score (nSPS) is 14.8. The first kappa shape index (κ1) is 55.0. The van der Waals surface area contributed by atoms with Gasteiger partial charge in [0, 0.05) is 22.0 Å². The van der Waals surface area contributed by atoms with Gasteiger partial charge in [0.15, 0.2) is 0 Å². The Morgan fingerprint density at radius 1 is 0.316 bits per heavy atom. The smallest absolute Gasteiger partial charge is 0.256 e. The molecule has 3 heterocycles. The number of fused-ring (bicyclic) bond motifs is 27. The Morgan fingerprint density at radius 3 is 1.14 bits per heavy atom. The molecule has 0 atom stereocenters. The zero-order valence-corrected chi connectivity index (χ0v) is 55.3. The molecule has 0 radical (unpaired) electrons. The van der Waals surface area contributed by atoms with Crippen LogP contribution in [0.1, 0.15) is 124 Å². The predicted molar refractivity (Wildman–Crippen MR) is 397 cm³/mol.